The highest BCUT2D eigenvalue weighted by atomic mass is 19.1. The van der Waals surface area contributed by atoms with Crippen LogP contribution in [-0.4, -0.2) is 35.3 Å². The molecule has 2 atom stereocenters. The fourth-order valence-corrected chi connectivity index (χ4v) is 5.33. The van der Waals surface area contributed by atoms with Gasteiger partial charge in [0.15, 0.2) is 0 Å². The number of halogens is 1. The number of piperidine rings is 1. The Morgan fingerprint density at radius 3 is 2.48 bits per heavy atom. The summed E-state index contributed by atoms with van der Waals surface area (Å²) in [5.74, 6) is -0.385. The molecule has 2 aliphatic heterocycles. The van der Waals surface area contributed by atoms with E-state index in [4.69, 9.17) is 0 Å². The third-order valence-electron chi connectivity index (χ3n) is 6.98. The lowest BCUT2D eigenvalue weighted by atomic mass is 9.76. The van der Waals surface area contributed by atoms with Gasteiger partial charge in [0, 0.05) is 25.4 Å². The monoisotopic (exact) mass is 442 g/mol. The van der Waals surface area contributed by atoms with Crippen LogP contribution in [0.2, 0.25) is 0 Å². The highest BCUT2D eigenvalue weighted by Crippen LogP contribution is 2.41. The molecule has 0 saturated carbocycles. The van der Waals surface area contributed by atoms with E-state index in [1.165, 1.54) is 12.1 Å². The SMILES string of the molecule is O=C1CCC[C@]2(CN(C(=O)Cc3ccc(-c4ccccc4)cc3)C[C@H]2c2cccc(F)c2)N1. The van der Waals surface area contributed by atoms with Crippen LogP contribution in [0.5, 0.6) is 0 Å². The number of amides is 2. The van der Waals surface area contributed by atoms with Crippen LogP contribution in [0.15, 0.2) is 78.9 Å². The molecule has 0 bridgehead atoms. The third-order valence-corrected chi connectivity index (χ3v) is 6.98. The summed E-state index contributed by atoms with van der Waals surface area (Å²) in [6, 6.07) is 24.8. The maximum atomic E-state index is 14.0. The van der Waals surface area contributed by atoms with E-state index < -0.39 is 5.54 Å². The van der Waals surface area contributed by atoms with Gasteiger partial charge >= 0.3 is 0 Å². The van der Waals surface area contributed by atoms with Gasteiger partial charge in [-0.25, -0.2) is 4.39 Å². The Kier molecular flexibility index (Phi) is 5.71. The van der Waals surface area contributed by atoms with Gasteiger partial charge in [-0.1, -0.05) is 66.7 Å². The molecule has 33 heavy (non-hydrogen) atoms. The Morgan fingerprint density at radius 1 is 1.00 bits per heavy atom. The van der Waals surface area contributed by atoms with Crippen LogP contribution >= 0.6 is 0 Å². The molecule has 0 aliphatic carbocycles. The van der Waals surface area contributed by atoms with Gasteiger partial charge in [0.05, 0.1) is 12.0 Å². The van der Waals surface area contributed by atoms with E-state index in [1.807, 2.05) is 53.4 Å². The average Bonchev–Trinajstić information content (AvgIpc) is 3.18. The van der Waals surface area contributed by atoms with E-state index in [-0.39, 0.29) is 23.5 Å². The highest BCUT2D eigenvalue weighted by Gasteiger charge is 2.50. The zero-order chi connectivity index (χ0) is 22.8. The van der Waals surface area contributed by atoms with Crippen LogP contribution in [0, 0.1) is 5.82 Å². The van der Waals surface area contributed by atoms with E-state index >= 15 is 0 Å². The van der Waals surface area contributed by atoms with Crippen molar-refractivity contribution in [3.05, 3.63) is 95.8 Å². The predicted molar refractivity (Wildman–Crippen MR) is 126 cm³/mol. The van der Waals surface area contributed by atoms with Gasteiger partial charge in [-0.15, -0.1) is 0 Å². The van der Waals surface area contributed by atoms with Crippen molar-refractivity contribution in [2.45, 2.75) is 37.1 Å². The van der Waals surface area contributed by atoms with Crippen LogP contribution in [0.4, 0.5) is 4.39 Å². The molecule has 2 amide bonds. The van der Waals surface area contributed by atoms with Gasteiger partial charge in [-0.3, -0.25) is 9.59 Å². The highest BCUT2D eigenvalue weighted by molar-refractivity contribution is 5.81. The molecule has 2 aliphatic rings. The van der Waals surface area contributed by atoms with E-state index in [0.29, 0.717) is 25.9 Å². The summed E-state index contributed by atoms with van der Waals surface area (Å²) < 4.78 is 14.0. The van der Waals surface area contributed by atoms with E-state index in [2.05, 4.69) is 17.4 Å². The minimum Gasteiger partial charge on any atom is -0.348 e. The van der Waals surface area contributed by atoms with Crippen molar-refractivity contribution in [1.82, 2.24) is 10.2 Å². The minimum atomic E-state index is -0.532. The van der Waals surface area contributed by atoms with Gasteiger partial charge in [-0.2, -0.15) is 0 Å². The molecule has 4 nitrogen and oxygen atoms in total. The fourth-order valence-electron chi connectivity index (χ4n) is 5.33. The lowest BCUT2D eigenvalue weighted by Crippen LogP contribution is -2.56. The Morgan fingerprint density at radius 2 is 1.76 bits per heavy atom. The Labute approximate surface area is 193 Å². The summed E-state index contributed by atoms with van der Waals surface area (Å²) in [5, 5.41) is 3.18. The zero-order valence-corrected chi connectivity index (χ0v) is 18.5. The molecule has 3 aromatic rings. The molecule has 2 fully saturated rings. The van der Waals surface area contributed by atoms with Crippen LogP contribution in [0.3, 0.4) is 0 Å². The van der Waals surface area contributed by atoms with Gasteiger partial charge < -0.3 is 10.2 Å². The molecule has 0 unspecified atom stereocenters. The van der Waals surface area contributed by atoms with Crippen molar-refractivity contribution < 1.29 is 14.0 Å². The lowest BCUT2D eigenvalue weighted by Gasteiger charge is -2.39. The molecule has 0 aromatic heterocycles. The lowest BCUT2D eigenvalue weighted by molar-refractivity contribution is -0.131. The summed E-state index contributed by atoms with van der Waals surface area (Å²) in [5.41, 5.74) is 3.51. The van der Waals surface area contributed by atoms with Crippen LogP contribution < -0.4 is 5.32 Å². The summed E-state index contributed by atoms with van der Waals surface area (Å²) in [6.07, 6.45) is 2.37. The van der Waals surface area contributed by atoms with Gasteiger partial charge in [0.25, 0.3) is 0 Å². The molecule has 5 rings (SSSR count). The topological polar surface area (TPSA) is 49.4 Å². The molecule has 0 radical (unpaired) electrons. The number of nitrogens with zero attached hydrogens (tertiary/aromatic N) is 1. The third kappa shape index (κ3) is 4.40. The normalized spacial score (nSPS) is 22.4. The Bertz CT molecular complexity index is 1160. The number of benzene rings is 3. The number of carbonyl (C=O) groups is 2. The number of hydrogen-bond donors (Lipinski definition) is 1. The Balaban J connectivity index is 1.34. The summed E-state index contributed by atoms with van der Waals surface area (Å²) >= 11 is 0. The number of hydrogen-bond acceptors (Lipinski definition) is 2. The molecule has 5 heteroatoms. The summed E-state index contributed by atoms with van der Waals surface area (Å²) in [6.45, 7) is 0.936. The summed E-state index contributed by atoms with van der Waals surface area (Å²) in [4.78, 5) is 27.4. The zero-order valence-electron chi connectivity index (χ0n) is 18.5. The number of nitrogens with one attached hydrogen (secondary N) is 1. The summed E-state index contributed by atoms with van der Waals surface area (Å²) in [7, 11) is 0. The Hall–Kier alpha value is -3.47. The van der Waals surface area contributed by atoms with Crippen LogP contribution in [-0.2, 0) is 16.0 Å². The molecule has 1 N–H and O–H groups in total. The second-order valence-electron chi connectivity index (χ2n) is 9.18. The first kappa shape index (κ1) is 21.4. The smallest absolute Gasteiger partial charge is 0.227 e. The molecule has 168 valence electrons. The minimum absolute atomic E-state index is 0.00783. The molecular weight excluding hydrogens is 415 g/mol. The molecule has 1 spiro atoms. The van der Waals surface area contributed by atoms with Crippen molar-refractivity contribution in [1.29, 1.82) is 0 Å². The van der Waals surface area contributed by atoms with Crippen molar-refractivity contribution in [2.75, 3.05) is 13.1 Å². The fraction of sp³-hybridized carbons (Fsp3) is 0.286. The van der Waals surface area contributed by atoms with Crippen LogP contribution in [0.25, 0.3) is 11.1 Å². The molecule has 2 saturated heterocycles. The number of likely N-dealkylation sites (tertiary alicyclic amines) is 1. The molecule has 3 aromatic carbocycles. The van der Waals surface area contributed by atoms with Gasteiger partial charge in [0.2, 0.25) is 11.8 Å². The first-order valence-corrected chi connectivity index (χ1v) is 11.5. The maximum absolute atomic E-state index is 14.0. The van der Waals surface area contributed by atoms with Crippen molar-refractivity contribution in [3.63, 3.8) is 0 Å². The standard InChI is InChI=1S/C28H27FN2O2/c29-24-9-4-8-23(17-24)25-18-31(19-28(25)15-5-10-26(32)30-28)27(33)16-20-11-13-22(14-12-20)21-6-2-1-3-7-21/h1-4,6-9,11-14,17,25H,5,10,15-16,18-19H2,(H,30,32)/t25-,28+/m0/s1. The van der Waals surface area contributed by atoms with Gasteiger partial charge in [-0.05, 0) is 47.2 Å². The van der Waals surface area contributed by atoms with Crippen molar-refractivity contribution in [3.8, 4) is 11.1 Å². The number of rotatable bonds is 4. The quantitative estimate of drug-likeness (QED) is 0.637. The van der Waals surface area contributed by atoms with Crippen molar-refractivity contribution in [2.24, 2.45) is 0 Å². The van der Waals surface area contributed by atoms with E-state index in [0.717, 1.165) is 35.1 Å². The maximum Gasteiger partial charge on any atom is 0.227 e. The molecule has 2 heterocycles. The van der Waals surface area contributed by atoms with Crippen molar-refractivity contribution >= 4 is 11.8 Å². The average molecular weight is 443 g/mol. The first-order chi connectivity index (χ1) is 16.0. The first-order valence-electron chi connectivity index (χ1n) is 11.5. The van der Waals surface area contributed by atoms with Crippen LogP contribution in [0.1, 0.15) is 36.3 Å². The van der Waals surface area contributed by atoms with E-state index in [1.54, 1.807) is 6.07 Å². The molecular formula is C28H27FN2O2. The van der Waals surface area contributed by atoms with E-state index in [9.17, 15) is 14.0 Å². The van der Waals surface area contributed by atoms with Gasteiger partial charge in [0.1, 0.15) is 5.82 Å². The number of carbonyl (C=O) groups excluding carboxylic acids is 2. The predicted octanol–water partition coefficient (Wildman–Crippen LogP) is 4.70. The second-order valence-corrected chi connectivity index (χ2v) is 9.18. The second kappa shape index (κ2) is 8.81. The largest absolute Gasteiger partial charge is 0.348 e.